The smallest absolute Gasteiger partial charge is 0.336 e. The van der Waals surface area contributed by atoms with Crippen LogP contribution in [-0.2, 0) is 11.2 Å². The molecule has 1 aromatic carbocycles. The molecule has 2 N–H and O–H groups in total. The average Bonchev–Trinajstić information content (AvgIpc) is 2.28. The topological polar surface area (TPSA) is 91.7 Å². The van der Waals surface area contributed by atoms with E-state index in [1.54, 1.807) is 0 Å². The van der Waals surface area contributed by atoms with Gasteiger partial charge in [-0.1, -0.05) is 22.0 Å². The summed E-state index contributed by atoms with van der Waals surface area (Å²) in [5.41, 5.74) is -0.109. The fraction of sp³-hybridized carbons (Fsp3) is 0.182. The van der Waals surface area contributed by atoms with Gasteiger partial charge < -0.3 is 10.2 Å². The first-order valence-electron chi connectivity index (χ1n) is 4.63. The van der Waals surface area contributed by atoms with Crippen molar-refractivity contribution in [3.8, 4) is 0 Å². The summed E-state index contributed by atoms with van der Waals surface area (Å²) in [6.07, 6.45) is 0.0748. The minimum atomic E-state index is -1.32. The van der Waals surface area contributed by atoms with Crippen molar-refractivity contribution in [2.24, 2.45) is 0 Å². The average molecular weight is 301 g/mol. The van der Waals surface area contributed by atoms with Gasteiger partial charge in [-0.3, -0.25) is 4.79 Å². The van der Waals surface area contributed by atoms with Gasteiger partial charge in [0.15, 0.2) is 0 Å². The van der Waals surface area contributed by atoms with E-state index in [0.717, 1.165) is 0 Å². The van der Waals surface area contributed by atoms with Crippen LogP contribution in [0.5, 0.6) is 0 Å². The molecule has 17 heavy (non-hydrogen) atoms. The maximum Gasteiger partial charge on any atom is 0.336 e. The molecule has 5 nitrogen and oxygen atoms in total. The minimum Gasteiger partial charge on any atom is -0.478 e. The number of halogens is 1. The quantitative estimate of drug-likeness (QED) is 0.806. The van der Waals surface area contributed by atoms with Gasteiger partial charge in [0.05, 0.1) is 16.5 Å². The molecular formula is C11H9BrO5. The number of benzene rings is 1. The predicted molar refractivity (Wildman–Crippen MR) is 62.9 cm³/mol. The molecular weight excluding hydrogens is 292 g/mol. The fourth-order valence-electron chi connectivity index (χ4n) is 1.34. The number of hydrogen-bond donors (Lipinski definition) is 2. The van der Waals surface area contributed by atoms with Crippen LogP contribution in [0, 0.1) is 0 Å². The molecule has 0 aromatic heterocycles. The molecule has 1 rings (SSSR count). The number of hydrogen-bond acceptors (Lipinski definition) is 3. The van der Waals surface area contributed by atoms with Crippen molar-refractivity contribution in [1.29, 1.82) is 0 Å². The van der Waals surface area contributed by atoms with Crippen molar-refractivity contribution < 1.29 is 24.6 Å². The summed E-state index contributed by atoms with van der Waals surface area (Å²) in [6, 6.07) is 3.85. The number of carboxylic acid groups (broad SMARTS) is 2. The summed E-state index contributed by atoms with van der Waals surface area (Å²) in [5.74, 6) is -2.74. The molecule has 0 aliphatic heterocycles. The molecule has 0 aliphatic carbocycles. The van der Waals surface area contributed by atoms with Gasteiger partial charge in [0.2, 0.25) is 0 Å². The van der Waals surface area contributed by atoms with Gasteiger partial charge in [-0.05, 0) is 17.7 Å². The van der Waals surface area contributed by atoms with Crippen LogP contribution in [0.1, 0.15) is 26.3 Å². The molecule has 90 valence electrons. The number of carbonyl (C=O) groups is 3. The van der Waals surface area contributed by atoms with Crippen molar-refractivity contribution in [1.82, 2.24) is 0 Å². The van der Waals surface area contributed by atoms with Crippen molar-refractivity contribution in [3.05, 3.63) is 34.9 Å². The normalized spacial score (nSPS) is 9.94. The highest BCUT2D eigenvalue weighted by molar-refractivity contribution is 9.09. The molecule has 0 amide bonds. The van der Waals surface area contributed by atoms with Gasteiger partial charge in [-0.15, -0.1) is 0 Å². The van der Waals surface area contributed by atoms with E-state index in [4.69, 9.17) is 10.2 Å². The number of alkyl halides is 1. The number of carboxylic acids is 2. The predicted octanol–water partition coefficient (Wildman–Crippen LogP) is 1.59. The molecule has 0 heterocycles. The summed E-state index contributed by atoms with van der Waals surface area (Å²) in [7, 11) is 0. The Morgan fingerprint density at radius 3 is 2.12 bits per heavy atom. The Hall–Kier alpha value is -1.69. The van der Waals surface area contributed by atoms with Crippen LogP contribution >= 0.6 is 15.9 Å². The van der Waals surface area contributed by atoms with Crippen molar-refractivity contribution >= 4 is 33.7 Å². The Morgan fingerprint density at radius 2 is 1.65 bits per heavy atom. The first-order valence-corrected chi connectivity index (χ1v) is 5.75. The lowest BCUT2D eigenvalue weighted by Crippen LogP contribution is -2.10. The lowest BCUT2D eigenvalue weighted by Gasteiger charge is -2.04. The molecule has 6 heteroatoms. The first-order chi connectivity index (χ1) is 7.95. The van der Waals surface area contributed by atoms with Crippen LogP contribution in [0.4, 0.5) is 0 Å². The largest absolute Gasteiger partial charge is 0.478 e. The number of Topliss-reactive ketones (excluding diaryl/α,β-unsaturated/α-hetero) is 1. The van der Waals surface area contributed by atoms with Crippen molar-refractivity contribution in [2.45, 2.75) is 6.42 Å². The number of ketones is 1. The second-order valence-electron chi connectivity index (χ2n) is 3.34. The first kappa shape index (κ1) is 13.4. The zero-order chi connectivity index (χ0) is 13.0. The van der Waals surface area contributed by atoms with Gasteiger partial charge in [0.1, 0.15) is 5.78 Å². The van der Waals surface area contributed by atoms with Crippen molar-refractivity contribution in [3.63, 3.8) is 0 Å². The monoisotopic (exact) mass is 300 g/mol. The van der Waals surface area contributed by atoms with Crippen LogP contribution < -0.4 is 0 Å². The van der Waals surface area contributed by atoms with Gasteiger partial charge in [-0.2, -0.15) is 0 Å². The SMILES string of the molecule is O=C(CBr)Cc1ccc(C(=O)O)c(C(=O)O)c1. The maximum atomic E-state index is 11.2. The zero-order valence-corrected chi connectivity index (χ0v) is 10.2. The highest BCUT2D eigenvalue weighted by Crippen LogP contribution is 2.13. The summed E-state index contributed by atoms with van der Waals surface area (Å²) in [4.78, 5) is 32.8. The summed E-state index contributed by atoms with van der Waals surface area (Å²) >= 11 is 3.00. The summed E-state index contributed by atoms with van der Waals surface area (Å²) < 4.78 is 0. The Labute approximate surface area is 105 Å². The van der Waals surface area contributed by atoms with E-state index in [1.807, 2.05) is 0 Å². The Balaban J connectivity index is 3.14. The molecule has 0 radical (unpaired) electrons. The lowest BCUT2D eigenvalue weighted by atomic mass is 10.0. The standard InChI is InChI=1S/C11H9BrO5/c12-5-7(13)3-6-1-2-8(10(14)15)9(4-6)11(16)17/h1-2,4H,3,5H2,(H,14,15)(H,16,17). The molecule has 0 saturated heterocycles. The van der Waals surface area contributed by atoms with Crippen LogP contribution in [0.2, 0.25) is 0 Å². The molecule has 0 fully saturated rings. The van der Waals surface area contributed by atoms with Gasteiger partial charge in [0.25, 0.3) is 0 Å². The second kappa shape index (κ2) is 5.58. The fourth-order valence-corrected chi connectivity index (χ4v) is 1.54. The highest BCUT2D eigenvalue weighted by Gasteiger charge is 2.16. The Morgan fingerprint density at radius 1 is 1.06 bits per heavy atom. The maximum absolute atomic E-state index is 11.2. The molecule has 0 atom stereocenters. The van der Waals surface area contributed by atoms with Crippen LogP contribution in [-0.4, -0.2) is 33.3 Å². The molecule has 0 unspecified atom stereocenters. The number of rotatable bonds is 5. The third-order valence-electron chi connectivity index (χ3n) is 2.10. The van der Waals surface area contributed by atoms with Gasteiger partial charge in [0, 0.05) is 6.42 Å². The van der Waals surface area contributed by atoms with Gasteiger partial charge >= 0.3 is 11.9 Å². The molecule has 0 bridgehead atoms. The molecule has 0 spiro atoms. The molecule has 0 aliphatic rings. The van der Waals surface area contributed by atoms with E-state index in [1.165, 1.54) is 18.2 Å². The van der Waals surface area contributed by atoms with E-state index in [9.17, 15) is 14.4 Å². The van der Waals surface area contributed by atoms with E-state index < -0.39 is 11.9 Å². The van der Waals surface area contributed by atoms with Crippen LogP contribution in [0.15, 0.2) is 18.2 Å². The Bertz CT molecular complexity index is 481. The van der Waals surface area contributed by atoms with E-state index in [2.05, 4.69) is 15.9 Å². The third-order valence-corrected chi connectivity index (χ3v) is 2.72. The summed E-state index contributed by atoms with van der Waals surface area (Å²) in [6.45, 7) is 0. The lowest BCUT2D eigenvalue weighted by molar-refractivity contribution is -0.115. The van der Waals surface area contributed by atoms with E-state index in [-0.39, 0.29) is 28.7 Å². The van der Waals surface area contributed by atoms with Gasteiger partial charge in [-0.25, -0.2) is 9.59 Å². The van der Waals surface area contributed by atoms with Crippen LogP contribution in [0.3, 0.4) is 0 Å². The minimum absolute atomic E-state index is 0.0748. The number of carbonyl (C=O) groups excluding carboxylic acids is 1. The second-order valence-corrected chi connectivity index (χ2v) is 3.90. The third kappa shape index (κ3) is 3.39. The number of aromatic carboxylic acids is 2. The van der Waals surface area contributed by atoms with E-state index in [0.29, 0.717) is 5.56 Å². The van der Waals surface area contributed by atoms with E-state index >= 15 is 0 Å². The molecule has 0 saturated carbocycles. The van der Waals surface area contributed by atoms with Crippen LogP contribution in [0.25, 0.3) is 0 Å². The highest BCUT2D eigenvalue weighted by atomic mass is 79.9. The zero-order valence-electron chi connectivity index (χ0n) is 8.64. The Kier molecular flexibility index (Phi) is 4.39. The van der Waals surface area contributed by atoms with Crippen molar-refractivity contribution in [2.75, 3.05) is 5.33 Å². The molecule has 1 aromatic rings. The summed E-state index contributed by atoms with van der Waals surface area (Å²) in [5, 5.41) is 17.8.